The van der Waals surface area contributed by atoms with Gasteiger partial charge in [0.1, 0.15) is 24.9 Å². The summed E-state index contributed by atoms with van der Waals surface area (Å²) in [7, 11) is 2.70. The molecule has 0 spiro atoms. The molecule has 11 nitrogen and oxygen atoms in total. The molecule has 2 aromatic rings. The summed E-state index contributed by atoms with van der Waals surface area (Å²) < 4.78 is 34.2. The Labute approximate surface area is 233 Å². The molecule has 1 amide bonds. The Bertz CT molecular complexity index is 1140. The second kappa shape index (κ2) is 14.5. The number of methoxy groups -OCH3 is 2. The normalized spacial score (nSPS) is 23.1. The average Bonchev–Trinajstić information content (AvgIpc) is 2.95. The first-order chi connectivity index (χ1) is 19.2. The van der Waals surface area contributed by atoms with Gasteiger partial charge in [0.2, 0.25) is 5.91 Å². The van der Waals surface area contributed by atoms with Crippen molar-refractivity contribution in [3.05, 3.63) is 71.8 Å². The molecule has 0 radical (unpaired) electrons. The van der Waals surface area contributed by atoms with Crippen LogP contribution >= 0.6 is 0 Å². The highest BCUT2D eigenvalue weighted by Gasteiger charge is 2.51. The second-order valence-corrected chi connectivity index (χ2v) is 9.50. The van der Waals surface area contributed by atoms with Gasteiger partial charge in [-0.15, -0.1) is 0 Å². The zero-order valence-corrected chi connectivity index (χ0v) is 23.1. The van der Waals surface area contributed by atoms with E-state index >= 15 is 0 Å². The average molecular weight is 558 g/mol. The Balaban J connectivity index is 1.87. The van der Waals surface area contributed by atoms with E-state index in [1.54, 1.807) is 74.5 Å². The maximum absolute atomic E-state index is 13.1. The number of hydrogen-bond acceptors (Lipinski definition) is 10. The summed E-state index contributed by atoms with van der Waals surface area (Å²) in [6, 6.07) is 15.7. The predicted molar refractivity (Wildman–Crippen MR) is 141 cm³/mol. The van der Waals surface area contributed by atoms with Crippen LogP contribution in [-0.2, 0) is 38.0 Å². The molecule has 1 aliphatic rings. The molecule has 11 heteroatoms. The number of benzene rings is 2. The SMILES string of the molecule is CO[C@@H]1OC(COC(=O)C(NC(C)=O)C(C)C)[C@@H](OC)[C@H](OC(=O)c2ccccc2)C1OC(=O)c1ccccc1. The summed E-state index contributed by atoms with van der Waals surface area (Å²) in [5, 5.41) is 2.57. The highest BCUT2D eigenvalue weighted by molar-refractivity contribution is 5.90. The van der Waals surface area contributed by atoms with Crippen molar-refractivity contribution in [2.24, 2.45) is 5.92 Å². The van der Waals surface area contributed by atoms with Gasteiger partial charge in [0.15, 0.2) is 18.5 Å². The summed E-state index contributed by atoms with van der Waals surface area (Å²) in [5.74, 6) is -2.67. The molecular formula is C29H35NO10. The van der Waals surface area contributed by atoms with E-state index in [1.807, 2.05) is 0 Å². The Kier molecular flexibility index (Phi) is 11.2. The Morgan fingerprint density at radius 1 is 0.800 bits per heavy atom. The van der Waals surface area contributed by atoms with Crippen molar-refractivity contribution in [3.63, 3.8) is 0 Å². The van der Waals surface area contributed by atoms with Gasteiger partial charge in [0, 0.05) is 21.1 Å². The van der Waals surface area contributed by atoms with Gasteiger partial charge >= 0.3 is 17.9 Å². The number of carbonyl (C=O) groups is 4. The van der Waals surface area contributed by atoms with Crippen molar-refractivity contribution in [1.29, 1.82) is 0 Å². The van der Waals surface area contributed by atoms with Gasteiger partial charge in [-0.25, -0.2) is 14.4 Å². The van der Waals surface area contributed by atoms with E-state index in [9.17, 15) is 19.2 Å². The smallest absolute Gasteiger partial charge is 0.338 e. The van der Waals surface area contributed by atoms with Crippen LogP contribution in [0.3, 0.4) is 0 Å². The van der Waals surface area contributed by atoms with Crippen molar-refractivity contribution in [1.82, 2.24) is 5.32 Å². The molecule has 1 N–H and O–H groups in total. The van der Waals surface area contributed by atoms with Crippen LogP contribution in [0.4, 0.5) is 0 Å². The third-order valence-corrected chi connectivity index (χ3v) is 6.27. The standard InChI is InChI=1S/C29H35NO10/c1-17(2)22(30-18(3)31)28(34)37-16-21-23(35-4)24(39-26(32)19-12-8-6-9-13-19)25(29(36-5)38-21)40-27(33)20-14-10-7-11-15-20/h6-15,17,21-25,29H,16H2,1-5H3,(H,30,31)/t21?,22?,23-,24+,25?,29-/m1/s1. The molecule has 0 bridgehead atoms. The summed E-state index contributed by atoms with van der Waals surface area (Å²) in [5.41, 5.74) is 0.539. The number of hydrogen-bond donors (Lipinski definition) is 1. The first kappa shape index (κ1) is 30.7. The van der Waals surface area contributed by atoms with E-state index in [-0.39, 0.29) is 29.6 Å². The molecule has 1 heterocycles. The van der Waals surface area contributed by atoms with Gasteiger partial charge in [0.25, 0.3) is 0 Å². The van der Waals surface area contributed by atoms with Gasteiger partial charge in [-0.1, -0.05) is 50.2 Å². The number of rotatable bonds is 11. The summed E-state index contributed by atoms with van der Waals surface area (Å²) in [6.45, 7) is 4.52. The van der Waals surface area contributed by atoms with E-state index in [2.05, 4.69) is 5.32 Å². The Hall–Kier alpha value is -3.80. The molecule has 40 heavy (non-hydrogen) atoms. The number of esters is 3. The quantitative estimate of drug-likeness (QED) is 0.324. The van der Waals surface area contributed by atoms with E-state index in [1.165, 1.54) is 21.1 Å². The first-order valence-corrected chi connectivity index (χ1v) is 12.8. The number of ether oxygens (including phenoxy) is 6. The van der Waals surface area contributed by atoms with Crippen LogP contribution in [-0.4, -0.2) is 81.4 Å². The van der Waals surface area contributed by atoms with Crippen LogP contribution in [0, 0.1) is 5.92 Å². The molecule has 1 saturated heterocycles. The maximum atomic E-state index is 13.1. The molecule has 1 fully saturated rings. The monoisotopic (exact) mass is 557 g/mol. The molecule has 1 aliphatic heterocycles. The summed E-state index contributed by atoms with van der Waals surface area (Å²) >= 11 is 0. The fourth-order valence-corrected chi connectivity index (χ4v) is 4.25. The van der Waals surface area contributed by atoms with E-state index in [0.717, 1.165) is 0 Å². The van der Waals surface area contributed by atoms with Crippen LogP contribution in [0.25, 0.3) is 0 Å². The van der Waals surface area contributed by atoms with Crippen LogP contribution < -0.4 is 5.32 Å². The summed E-state index contributed by atoms with van der Waals surface area (Å²) in [6.07, 6.45) is -5.65. The third kappa shape index (κ3) is 7.87. The topological polar surface area (TPSA) is 136 Å². The van der Waals surface area contributed by atoms with Crippen LogP contribution in [0.1, 0.15) is 41.5 Å². The third-order valence-electron chi connectivity index (χ3n) is 6.27. The zero-order valence-electron chi connectivity index (χ0n) is 23.1. The lowest BCUT2D eigenvalue weighted by molar-refractivity contribution is -0.297. The zero-order chi connectivity index (χ0) is 29.2. The fourth-order valence-electron chi connectivity index (χ4n) is 4.25. The van der Waals surface area contributed by atoms with Crippen molar-refractivity contribution in [2.45, 2.75) is 57.5 Å². The van der Waals surface area contributed by atoms with Gasteiger partial charge in [-0.3, -0.25) is 4.79 Å². The minimum absolute atomic E-state index is 0.241. The Morgan fingerprint density at radius 2 is 1.32 bits per heavy atom. The van der Waals surface area contributed by atoms with Crippen LogP contribution in [0.15, 0.2) is 60.7 Å². The van der Waals surface area contributed by atoms with E-state index in [4.69, 9.17) is 28.4 Å². The minimum atomic E-state index is -1.23. The van der Waals surface area contributed by atoms with Gasteiger partial charge in [-0.05, 0) is 30.2 Å². The van der Waals surface area contributed by atoms with Gasteiger partial charge in [0.05, 0.1) is 11.1 Å². The van der Waals surface area contributed by atoms with Crippen molar-refractivity contribution >= 4 is 23.8 Å². The maximum Gasteiger partial charge on any atom is 0.338 e. The Morgan fingerprint density at radius 3 is 1.77 bits per heavy atom. The van der Waals surface area contributed by atoms with Crippen molar-refractivity contribution in [3.8, 4) is 0 Å². The number of nitrogens with one attached hydrogen (secondary N) is 1. The molecule has 0 saturated carbocycles. The molecule has 6 atom stereocenters. The van der Waals surface area contributed by atoms with Crippen LogP contribution in [0.2, 0.25) is 0 Å². The van der Waals surface area contributed by atoms with Crippen molar-refractivity contribution in [2.75, 3.05) is 20.8 Å². The molecule has 0 aromatic heterocycles. The molecular weight excluding hydrogens is 522 g/mol. The molecule has 2 aromatic carbocycles. The molecule has 3 unspecified atom stereocenters. The predicted octanol–water partition coefficient (Wildman–Crippen LogP) is 2.53. The largest absolute Gasteiger partial charge is 0.461 e. The lowest BCUT2D eigenvalue weighted by atomic mass is 9.98. The van der Waals surface area contributed by atoms with E-state index < -0.39 is 54.7 Å². The molecule has 3 rings (SSSR count). The molecule has 216 valence electrons. The number of amides is 1. The first-order valence-electron chi connectivity index (χ1n) is 12.8. The highest BCUT2D eigenvalue weighted by atomic mass is 16.7. The lowest BCUT2D eigenvalue weighted by Crippen LogP contribution is -2.62. The number of carbonyl (C=O) groups excluding carboxylic acids is 4. The van der Waals surface area contributed by atoms with Crippen LogP contribution in [0.5, 0.6) is 0 Å². The second-order valence-electron chi connectivity index (χ2n) is 9.50. The van der Waals surface area contributed by atoms with Crippen molar-refractivity contribution < 1.29 is 47.6 Å². The molecule has 0 aliphatic carbocycles. The van der Waals surface area contributed by atoms with E-state index in [0.29, 0.717) is 0 Å². The summed E-state index contributed by atoms with van der Waals surface area (Å²) in [4.78, 5) is 50.4. The minimum Gasteiger partial charge on any atom is -0.461 e. The highest BCUT2D eigenvalue weighted by Crippen LogP contribution is 2.30. The lowest BCUT2D eigenvalue weighted by Gasteiger charge is -2.44. The van der Waals surface area contributed by atoms with Gasteiger partial charge in [-0.2, -0.15) is 0 Å². The fraction of sp³-hybridized carbons (Fsp3) is 0.448. The van der Waals surface area contributed by atoms with Gasteiger partial charge < -0.3 is 33.7 Å².